The van der Waals surface area contributed by atoms with Crippen LogP contribution in [0.15, 0.2) is 5.38 Å². The topological polar surface area (TPSA) is 130 Å². The fraction of sp³-hybridized carbons (Fsp3) is 0.444. The minimum absolute atomic E-state index is 0.0972. The second-order valence-electron chi connectivity index (χ2n) is 3.79. The SMILES string of the molecule is Cn1nnnc1NCCSCc1csc(NC(=N)N)n1. The first-order valence-corrected chi connectivity index (χ1v) is 7.78. The van der Waals surface area contributed by atoms with Crippen LogP contribution in [-0.2, 0) is 12.8 Å². The number of nitrogens with zero attached hydrogens (tertiary/aromatic N) is 5. The van der Waals surface area contributed by atoms with Crippen LogP contribution in [0.4, 0.5) is 11.1 Å². The van der Waals surface area contributed by atoms with Crippen molar-refractivity contribution in [3.8, 4) is 0 Å². The Bertz CT molecular complexity index is 563. The molecule has 20 heavy (non-hydrogen) atoms. The second kappa shape index (κ2) is 7.05. The first-order chi connectivity index (χ1) is 9.65. The molecule has 2 heterocycles. The Hall–Kier alpha value is -1.88. The van der Waals surface area contributed by atoms with Crippen LogP contribution in [0.2, 0.25) is 0 Å². The molecular formula is C9H15N9S2. The highest BCUT2D eigenvalue weighted by atomic mass is 32.2. The smallest absolute Gasteiger partial charge is 0.242 e. The Morgan fingerprint density at radius 3 is 3.15 bits per heavy atom. The second-order valence-corrected chi connectivity index (χ2v) is 5.75. The van der Waals surface area contributed by atoms with Crippen LogP contribution >= 0.6 is 23.1 Å². The van der Waals surface area contributed by atoms with E-state index in [4.69, 9.17) is 11.1 Å². The predicted octanol–water partition coefficient (Wildman–Crippen LogP) is 0.317. The molecule has 9 nitrogen and oxygen atoms in total. The molecule has 0 aliphatic heterocycles. The number of hydrogen-bond donors (Lipinski definition) is 4. The quantitative estimate of drug-likeness (QED) is 0.326. The summed E-state index contributed by atoms with van der Waals surface area (Å²) in [7, 11) is 1.79. The zero-order valence-corrected chi connectivity index (χ0v) is 12.5. The predicted molar refractivity (Wildman–Crippen MR) is 81.1 cm³/mol. The van der Waals surface area contributed by atoms with Gasteiger partial charge in [-0.3, -0.25) is 5.41 Å². The Balaban J connectivity index is 1.64. The Labute approximate surface area is 123 Å². The standard InChI is InChI=1S/C9H15N9S2/c1-18-8(15-16-17-18)12-2-3-19-4-6-5-20-9(13-6)14-7(10)11/h5H,2-4H2,1H3,(H,12,15,17)(H4,10,11,13,14). The summed E-state index contributed by atoms with van der Waals surface area (Å²) in [5.74, 6) is 2.29. The highest BCUT2D eigenvalue weighted by molar-refractivity contribution is 7.98. The average Bonchev–Trinajstić information content (AvgIpc) is 2.98. The summed E-state index contributed by atoms with van der Waals surface area (Å²) in [5, 5.41) is 26.7. The Morgan fingerprint density at radius 2 is 2.45 bits per heavy atom. The van der Waals surface area contributed by atoms with Crippen molar-refractivity contribution in [3.63, 3.8) is 0 Å². The number of guanidine groups is 1. The van der Waals surface area contributed by atoms with Gasteiger partial charge in [-0.05, 0) is 10.4 Å². The van der Waals surface area contributed by atoms with Gasteiger partial charge in [0.1, 0.15) is 0 Å². The number of nitrogens with two attached hydrogens (primary N) is 1. The van der Waals surface area contributed by atoms with Gasteiger partial charge in [-0.1, -0.05) is 5.10 Å². The number of nitrogens with one attached hydrogen (secondary N) is 3. The van der Waals surface area contributed by atoms with Gasteiger partial charge in [0, 0.05) is 30.5 Å². The van der Waals surface area contributed by atoms with Gasteiger partial charge in [0.2, 0.25) is 5.95 Å². The van der Waals surface area contributed by atoms with E-state index in [0.717, 1.165) is 23.7 Å². The van der Waals surface area contributed by atoms with E-state index in [1.165, 1.54) is 11.3 Å². The van der Waals surface area contributed by atoms with Crippen LogP contribution in [0, 0.1) is 5.41 Å². The van der Waals surface area contributed by atoms with Crippen LogP contribution < -0.4 is 16.4 Å². The maximum atomic E-state index is 7.12. The van der Waals surface area contributed by atoms with Gasteiger partial charge in [-0.25, -0.2) is 9.67 Å². The molecule has 0 spiro atoms. The Kier molecular flexibility index (Phi) is 5.12. The van der Waals surface area contributed by atoms with Crippen molar-refractivity contribution < 1.29 is 0 Å². The summed E-state index contributed by atoms with van der Waals surface area (Å²) in [6.45, 7) is 0.779. The largest absolute Gasteiger partial charge is 0.370 e. The number of hydrogen-bond acceptors (Lipinski definition) is 8. The molecule has 0 bridgehead atoms. The van der Waals surface area contributed by atoms with Crippen molar-refractivity contribution in [2.45, 2.75) is 5.75 Å². The van der Waals surface area contributed by atoms with Gasteiger partial charge < -0.3 is 16.4 Å². The van der Waals surface area contributed by atoms with Gasteiger partial charge in [-0.2, -0.15) is 11.8 Å². The van der Waals surface area contributed by atoms with E-state index in [-0.39, 0.29) is 5.96 Å². The van der Waals surface area contributed by atoms with Crippen molar-refractivity contribution in [2.75, 3.05) is 22.9 Å². The lowest BCUT2D eigenvalue weighted by molar-refractivity contribution is 0.713. The molecule has 0 amide bonds. The van der Waals surface area contributed by atoms with Gasteiger partial charge in [0.15, 0.2) is 11.1 Å². The molecule has 0 radical (unpaired) electrons. The van der Waals surface area contributed by atoms with Crippen LogP contribution in [0.3, 0.4) is 0 Å². The highest BCUT2D eigenvalue weighted by Crippen LogP contribution is 2.19. The van der Waals surface area contributed by atoms with Crippen LogP contribution in [-0.4, -0.2) is 43.4 Å². The number of aromatic nitrogens is 5. The maximum absolute atomic E-state index is 7.12. The third kappa shape index (κ3) is 4.35. The van der Waals surface area contributed by atoms with Gasteiger partial charge in [0.05, 0.1) is 5.69 Å². The molecule has 0 aliphatic carbocycles. The number of rotatable bonds is 7. The zero-order chi connectivity index (χ0) is 14.4. The number of tetrazole rings is 1. The third-order valence-electron chi connectivity index (χ3n) is 2.19. The lowest BCUT2D eigenvalue weighted by atomic mass is 10.6. The van der Waals surface area contributed by atoms with Crippen molar-refractivity contribution in [1.82, 2.24) is 25.2 Å². The third-order valence-corrected chi connectivity index (χ3v) is 3.99. The summed E-state index contributed by atoms with van der Waals surface area (Å²) in [4.78, 5) is 4.32. The van der Waals surface area contributed by atoms with Gasteiger partial charge in [0.25, 0.3) is 0 Å². The molecule has 11 heteroatoms. The first kappa shape index (κ1) is 14.5. The van der Waals surface area contributed by atoms with Crippen LogP contribution in [0.1, 0.15) is 5.69 Å². The summed E-state index contributed by atoms with van der Waals surface area (Å²) in [6, 6.07) is 0. The number of thiazole rings is 1. The normalized spacial score (nSPS) is 10.4. The molecule has 2 aromatic rings. The molecule has 108 valence electrons. The van der Waals surface area contributed by atoms with E-state index in [2.05, 4.69) is 31.1 Å². The zero-order valence-electron chi connectivity index (χ0n) is 10.8. The average molecular weight is 313 g/mol. The Morgan fingerprint density at radius 1 is 1.60 bits per heavy atom. The maximum Gasteiger partial charge on any atom is 0.242 e. The van der Waals surface area contributed by atoms with E-state index in [1.807, 2.05) is 5.38 Å². The molecule has 0 atom stereocenters. The lowest BCUT2D eigenvalue weighted by Gasteiger charge is -2.03. The number of anilines is 2. The van der Waals surface area contributed by atoms with Gasteiger partial charge >= 0.3 is 0 Å². The lowest BCUT2D eigenvalue weighted by Crippen LogP contribution is -2.20. The molecule has 0 saturated heterocycles. The highest BCUT2D eigenvalue weighted by Gasteiger charge is 2.03. The van der Waals surface area contributed by atoms with Crippen molar-refractivity contribution in [2.24, 2.45) is 12.8 Å². The van der Waals surface area contributed by atoms with Crippen molar-refractivity contribution in [1.29, 1.82) is 5.41 Å². The summed E-state index contributed by atoms with van der Waals surface area (Å²) in [5.41, 5.74) is 6.22. The van der Waals surface area contributed by atoms with Crippen molar-refractivity contribution >= 4 is 40.1 Å². The summed E-state index contributed by atoms with van der Waals surface area (Å²) in [6.07, 6.45) is 0. The van der Waals surface area contributed by atoms with Gasteiger partial charge in [-0.15, -0.1) is 11.3 Å². The van der Waals surface area contributed by atoms with Crippen LogP contribution in [0.5, 0.6) is 0 Å². The van der Waals surface area contributed by atoms with E-state index >= 15 is 0 Å². The summed E-state index contributed by atoms with van der Waals surface area (Å²) >= 11 is 3.20. The minimum atomic E-state index is -0.0972. The molecule has 0 saturated carbocycles. The molecular weight excluding hydrogens is 298 g/mol. The monoisotopic (exact) mass is 313 g/mol. The van der Waals surface area contributed by atoms with E-state index in [1.54, 1.807) is 23.5 Å². The fourth-order valence-corrected chi connectivity index (χ4v) is 2.91. The molecule has 5 N–H and O–H groups in total. The van der Waals surface area contributed by atoms with E-state index in [0.29, 0.717) is 11.1 Å². The molecule has 2 aromatic heterocycles. The number of aryl methyl sites for hydroxylation is 1. The van der Waals surface area contributed by atoms with Crippen LogP contribution in [0.25, 0.3) is 0 Å². The molecule has 0 aromatic carbocycles. The minimum Gasteiger partial charge on any atom is -0.370 e. The summed E-state index contributed by atoms with van der Waals surface area (Å²) < 4.78 is 1.59. The fourth-order valence-electron chi connectivity index (χ4n) is 1.34. The number of thioether (sulfide) groups is 1. The van der Waals surface area contributed by atoms with E-state index < -0.39 is 0 Å². The first-order valence-electron chi connectivity index (χ1n) is 5.74. The molecule has 0 fully saturated rings. The molecule has 0 aliphatic rings. The van der Waals surface area contributed by atoms with E-state index in [9.17, 15) is 0 Å². The molecule has 2 rings (SSSR count). The van der Waals surface area contributed by atoms with Crippen molar-refractivity contribution in [3.05, 3.63) is 11.1 Å². The molecule has 0 unspecified atom stereocenters.